The van der Waals surface area contributed by atoms with Gasteiger partial charge in [0.1, 0.15) is 5.75 Å². The van der Waals surface area contributed by atoms with Crippen molar-refractivity contribution in [2.24, 2.45) is 7.05 Å². The second-order valence-corrected chi connectivity index (χ2v) is 6.58. The van der Waals surface area contributed by atoms with Crippen LogP contribution in [0.2, 0.25) is 0 Å². The van der Waals surface area contributed by atoms with E-state index in [1.165, 1.54) is 11.7 Å². The Balaban J connectivity index is 1.58. The van der Waals surface area contributed by atoms with E-state index in [0.29, 0.717) is 41.8 Å². The Labute approximate surface area is 172 Å². The van der Waals surface area contributed by atoms with Crippen LogP contribution in [0, 0.1) is 0 Å². The standard InChI is InChI=1S/C22H22N2O6/c1-24-17-7-4-3-6-16(17)18(19(25)21(24)27)20(26)23-12-5-13-30-15-10-8-14(9-11-15)22(28)29-2/h3-4,6-11,25H,5,12-13H2,1-2H3,(H,23,26). The molecule has 0 saturated heterocycles. The van der Waals surface area contributed by atoms with Crippen LogP contribution in [0.25, 0.3) is 10.9 Å². The van der Waals surface area contributed by atoms with Crippen LogP contribution in [0.4, 0.5) is 0 Å². The summed E-state index contributed by atoms with van der Waals surface area (Å²) in [5.74, 6) is -0.931. The van der Waals surface area contributed by atoms with Crippen LogP contribution in [0.15, 0.2) is 53.3 Å². The number of aryl methyl sites for hydroxylation is 1. The summed E-state index contributed by atoms with van der Waals surface area (Å²) >= 11 is 0. The number of pyridine rings is 1. The maximum absolute atomic E-state index is 12.6. The van der Waals surface area contributed by atoms with Crippen molar-refractivity contribution in [3.8, 4) is 11.5 Å². The third kappa shape index (κ3) is 4.27. The lowest BCUT2D eigenvalue weighted by Gasteiger charge is -2.12. The van der Waals surface area contributed by atoms with Crippen molar-refractivity contribution >= 4 is 22.8 Å². The van der Waals surface area contributed by atoms with E-state index < -0.39 is 23.2 Å². The Kier molecular flexibility index (Phi) is 6.36. The number of hydrogen-bond donors (Lipinski definition) is 2. The van der Waals surface area contributed by atoms with E-state index >= 15 is 0 Å². The highest BCUT2D eigenvalue weighted by Crippen LogP contribution is 2.23. The van der Waals surface area contributed by atoms with E-state index in [1.807, 2.05) is 0 Å². The van der Waals surface area contributed by atoms with Gasteiger partial charge in [0, 0.05) is 19.0 Å². The summed E-state index contributed by atoms with van der Waals surface area (Å²) in [5.41, 5.74) is 0.327. The van der Waals surface area contributed by atoms with Crippen molar-refractivity contribution in [2.75, 3.05) is 20.3 Å². The normalized spacial score (nSPS) is 10.6. The molecule has 156 valence electrons. The number of carbonyl (C=O) groups excluding carboxylic acids is 2. The molecule has 0 atom stereocenters. The van der Waals surface area contributed by atoms with Gasteiger partial charge in [-0.25, -0.2) is 4.79 Å². The number of aromatic hydroxyl groups is 1. The number of nitrogens with one attached hydrogen (secondary N) is 1. The predicted molar refractivity (Wildman–Crippen MR) is 111 cm³/mol. The third-order valence-corrected chi connectivity index (χ3v) is 4.66. The Bertz CT molecular complexity index is 1130. The van der Waals surface area contributed by atoms with Gasteiger partial charge in [0.15, 0.2) is 5.75 Å². The molecule has 0 fully saturated rings. The fourth-order valence-electron chi connectivity index (χ4n) is 3.07. The number of fused-ring (bicyclic) bond motifs is 1. The van der Waals surface area contributed by atoms with Gasteiger partial charge in [-0.3, -0.25) is 9.59 Å². The molecule has 0 bridgehead atoms. The minimum absolute atomic E-state index is 0.0342. The van der Waals surface area contributed by atoms with Crippen LogP contribution < -0.4 is 15.6 Å². The topological polar surface area (TPSA) is 107 Å². The first kappa shape index (κ1) is 20.9. The fourth-order valence-corrected chi connectivity index (χ4v) is 3.07. The average molecular weight is 410 g/mol. The van der Waals surface area contributed by atoms with E-state index in [9.17, 15) is 19.5 Å². The van der Waals surface area contributed by atoms with Crippen molar-refractivity contribution in [2.45, 2.75) is 6.42 Å². The van der Waals surface area contributed by atoms with Gasteiger partial charge in [0.2, 0.25) is 0 Å². The summed E-state index contributed by atoms with van der Waals surface area (Å²) in [6.07, 6.45) is 0.508. The van der Waals surface area contributed by atoms with Gasteiger partial charge in [0.05, 0.1) is 30.4 Å². The number of amides is 1. The molecule has 2 aromatic carbocycles. The molecule has 3 rings (SSSR count). The molecule has 2 N–H and O–H groups in total. The number of aromatic nitrogens is 1. The van der Waals surface area contributed by atoms with E-state index in [-0.39, 0.29) is 5.56 Å². The van der Waals surface area contributed by atoms with Gasteiger partial charge in [-0.1, -0.05) is 18.2 Å². The van der Waals surface area contributed by atoms with Crippen molar-refractivity contribution in [1.29, 1.82) is 0 Å². The Morgan fingerprint density at radius 1 is 1.10 bits per heavy atom. The van der Waals surface area contributed by atoms with Crippen molar-refractivity contribution in [1.82, 2.24) is 9.88 Å². The first-order chi connectivity index (χ1) is 14.4. The van der Waals surface area contributed by atoms with Gasteiger partial charge in [-0.05, 0) is 36.8 Å². The lowest BCUT2D eigenvalue weighted by molar-refractivity contribution is 0.0600. The fraction of sp³-hybridized carbons (Fsp3) is 0.227. The van der Waals surface area contributed by atoms with Gasteiger partial charge in [-0.15, -0.1) is 0 Å². The Morgan fingerprint density at radius 3 is 2.50 bits per heavy atom. The second-order valence-electron chi connectivity index (χ2n) is 6.58. The summed E-state index contributed by atoms with van der Waals surface area (Å²) in [6, 6.07) is 13.4. The molecule has 1 amide bonds. The van der Waals surface area contributed by atoms with Crippen molar-refractivity contribution in [3.63, 3.8) is 0 Å². The molecule has 1 heterocycles. The van der Waals surface area contributed by atoms with Gasteiger partial charge in [0.25, 0.3) is 11.5 Å². The molecular weight excluding hydrogens is 388 g/mol. The molecule has 0 spiro atoms. The summed E-state index contributed by atoms with van der Waals surface area (Å²) < 4.78 is 11.5. The van der Waals surface area contributed by atoms with Gasteiger partial charge < -0.3 is 24.5 Å². The minimum Gasteiger partial charge on any atom is -0.502 e. The summed E-state index contributed by atoms with van der Waals surface area (Å²) in [6.45, 7) is 0.628. The summed E-state index contributed by atoms with van der Waals surface area (Å²) in [5, 5.41) is 13.4. The zero-order chi connectivity index (χ0) is 21.7. The lowest BCUT2D eigenvalue weighted by Crippen LogP contribution is -2.28. The van der Waals surface area contributed by atoms with E-state index in [4.69, 9.17) is 4.74 Å². The number of rotatable bonds is 7. The number of esters is 1. The van der Waals surface area contributed by atoms with E-state index in [0.717, 1.165) is 0 Å². The molecule has 0 aliphatic carbocycles. The zero-order valence-electron chi connectivity index (χ0n) is 16.7. The second kappa shape index (κ2) is 9.13. The van der Waals surface area contributed by atoms with Crippen LogP contribution in [0.1, 0.15) is 27.1 Å². The number of benzene rings is 2. The SMILES string of the molecule is COC(=O)c1ccc(OCCCNC(=O)c2c(O)c(=O)n(C)c3ccccc23)cc1. The highest BCUT2D eigenvalue weighted by atomic mass is 16.5. The smallest absolute Gasteiger partial charge is 0.337 e. The molecule has 0 saturated carbocycles. The van der Waals surface area contributed by atoms with Crippen molar-refractivity contribution in [3.05, 3.63) is 70.0 Å². The first-order valence-electron chi connectivity index (χ1n) is 9.34. The van der Waals surface area contributed by atoms with Crippen LogP contribution in [0.5, 0.6) is 11.5 Å². The van der Waals surface area contributed by atoms with Gasteiger partial charge >= 0.3 is 5.97 Å². The largest absolute Gasteiger partial charge is 0.502 e. The van der Waals surface area contributed by atoms with Gasteiger partial charge in [-0.2, -0.15) is 0 Å². The number of para-hydroxylation sites is 1. The van der Waals surface area contributed by atoms with E-state index in [1.54, 1.807) is 55.6 Å². The number of ether oxygens (including phenoxy) is 2. The predicted octanol–water partition coefficient (Wildman–Crippen LogP) is 2.23. The average Bonchev–Trinajstić information content (AvgIpc) is 2.77. The Hall–Kier alpha value is -3.81. The molecule has 0 aliphatic heterocycles. The van der Waals surface area contributed by atoms with Crippen LogP contribution >= 0.6 is 0 Å². The highest BCUT2D eigenvalue weighted by Gasteiger charge is 2.20. The molecule has 8 nitrogen and oxygen atoms in total. The number of methoxy groups -OCH3 is 1. The number of carbonyl (C=O) groups is 2. The van der Waals surface area contributed by atoms with Crippen LogP contribution in [0.3, 0.4) is 0 Å². The molecule has 0 unspecified atom stereocenters. The molecular formula is C22H22N2O6. The third-order valence-electron chi connectivity index (χ3n) is 4.66. The zero-order valence-corrected chi connectivity index (χ0v) is 16.7. The Morgan fingerprint density at radius 2 is 1.80 bits per heavy atom. The molecule has 1 aromatic heterocycles. The lowest BCUT2D eigenvalue weighted by atomic mass is 10.1. The quantitative estimate of drug-likeness (QED) is 0.457. The number of hydrogen-bond acceptors (Lipinski definition) is 6. The monoisotopic (exact) mass is 410 g/mol. The maximum Gasteiger partial charge on any atom is 0.337 e. The molecule has 3 aromatic rings. The van der Waals surface area contributed by atoms with E-state index in [2.05, 4.69) is 10.1 Å². The minimum atomic E-state index is -0.627. The first-order valence-corrected chi connectivity index (χ1v) is 9.34. The molecule has 30 heavy (non-hydrogen) atoms. The summed E-state index contributed by atoms with van der Waals surface area (Å²) in [4.78, 5) is 36.2. The molecule has 0 radical (unpaired) electrons. The van der Waals surface area contributed by atoms with Crippen LogP contribution in [-0.2, 0) is 11.8 Å². The van der Waals surface area contributed by atoms with Crippen molar-refractivity contribution < 1.29 is 24.2 Å². The number of nitrogens with zero attached hydrogens (tertiary/aromatic N) is 1. The maximum atomic E-state index is 12.6. The summed E-state index contributed by atoms with van der Waals surface area (Å²) in [7, 11) is 2.86. The molecule has 0 aliphatic rings. The molecule has 8 heteroatoms. The highest BCUT2D eigenvalue weighted by molar-refractivity contribution is 6.08. The van der Waals surface area contributed by atoms with Crippen LogP contribution in [-0.4, -0.2) is 41.8 Å².